The van der Waals surface area contributed by atoms with E-state index < -0.39 is 0 Å². The third kappa shape index (κ3) is 9.06. The number of phenols is 1. The van der Waals surface area contributed by atoms with Gasteiger partial charge in [0.25, 0.3) is 0 Å². The summed E-state index contributed by atoms with van der Waals surface area (Å²) in [7, 11) is 0. The summed E-state index contributed by atoms with van der Waals surface area (Å²) in [4.78, 5) is 20.5. The molecule has 0 aliphatic heterocycles. The molecule has 3 heterocycles. The predicted octanol–water partition coefficient (Wildman–Crippen LogP) is 14.2. The summed E-state index contributed by atoms with van der Waals surface area (Å²) in [6.45, 7) is 26.4. The first kappa shape index (κ1) is 45.3. The van der Waals surface area contributed by atoms with E-state index in [2.05, 4.69) is 191 Å². The van der Waals surface area contributed by atoms with Crippen LogP contribution in [0.25, 0.3) is 73.0 Å². The Bertz CT molecular complexity index is 2940. The van der Waals surface area contributed by atoms with Crippen LogP contribution >= 0.6 is 0 Å². The SMILES string of the molecule is CC(C)(C)c1cc(-c2cc(-c3ccccc3)ccn2)[c-]c(-c2ncnc3c2nc(-c2cc(C(C)(C)C)cc(C(C)(C)C)c2O)n3-c2ccc(C(C)(C)C)cc2-c2ccccc2)c1.[Pt]. The third-order valence-corrected chi connectivity index (χ3v) is 11.8. The van der Waals surface area contributed by atoms with Gasteiger partial charge in [0, 0.05) is 49.8 Å². The van der Waals surface area contributed by atoms with Crippen molar-refractivity contribution in [3.05, 3.63) is 156 Å². The fourth-order valence-electron chi connectivity index (χ4n) is 8.01. The molecule has 0 saturated carbocycles. The van der Waals surface area contributed by atoms with Gasteiger partial charge < -0.3 is 5.11 Å². The molecule has 1 N–H and O–H groups in total. The van der Waals surface area contributed by atoms with Gasteiger partial charge >= 0.3 is 0 Å². The van der Waals surface area contributed by atoms with E-state index in [-0.39, 0.29) is 48.5 Å². The van der Waals surface area contributed by atoms with E-state index in [1.807, 2.05) is 24.4 Å². The maximum Gasteiger partial charge on any atom is 0.161 e. The van der Waals surface area contributed by atoms with Crippen LogP contribution in [0, 0.1) is 6.07 Å². The first-order valence-corrected chi connectivity index (χ1v) is 21.6. The Morgan fingerprint density at radius 3 is 1.73 bits per heavy atom. The van der Waals surface area contributed by atoms with Gasteiger partial charge in [0.2, 0.25) is 0 Å². The summed E-state index contributed by atoms with van der Waals surface area (Å²) >= 11 is 0. The van der Waals surface area contributed by atoms with Gasteiger partial charge in [-0.2, -0.15) is 0 Å². The van der Waals surface area contributed by atoms with Crippen LogP contribution in [-0.2, 0) is 42.7 Å². The van der Waals surface area contributed by atoms with Crippen molar-refractivity contribution < 1.29 is 26.2 Å². The van der Waals surface area contributed by atoms with Gasteiger partial charge in [0.05, 0.1) is 11.3 Å². The molecule has 0 amide bonds. The second-order valence-electron chi connectivity index (χ2n) is 20.7. The van der Waals surface area contributed by atoms with Crippen molar-refractivity contribution in [2.75, 3.05) is 0 Å². The zero-order valence-electron chi connectivity index (χ0n) is 38.6. The van der Waals surface area contributed by atoms with Crippen molar-refractivity contribution in [2.24, 2.45) is 0 Å². The van der Waals surface area contributed by atoms with E-state index in [9.17, 15) is 5.11 Å². The van der Waals surface area contributed by atoms with Gasteiger partial charge in [-0.25, -0.2) is 9.97 Å². The van der Waals surface area contributed by atoms with Gasteiger partial charge in [0.1, 0.15) is 23.4 Å². The Labute approximate surface area is 388 Å². The minimum absolute atomic E-state index is 0. The number of hydrogen-bond donors (Lipinski definition) is 1. The van der Waals surface area contributed by atoms with E-state index in [0.717, 1.165) is 61.5 Å². The van der Waals surface area contributed by atoms with Crippen LogP contribution in [0.1, 0.15) is 105 Å². The molecule has 0 fully saturated rings. The van der Waals surface area contributed by atoms with Crippen molar-refractivity contribution >= 4 is 11.2 Å². The fourth-order valence-corrected chi connectivity index (χ4v) is 8.01. The Kier molecular flexibility index (Phi) is 12.1. The van der Waals surface area contributed by atoms with Crippen LogP contribution in [-0.4, -0.2) is 29.6 Å². The van der Waals surface area contributed by atoms with Crippen molar-refractivity contribution in [3.8, 4) is 67.6 Å². The number of rotatable bonds is 6. The number of phenolic OH excluding ortho intramolecular Hbond substituents is 1. The minimum atomic E-state index is -0.351. The van der Waals surface area contributed by atoms with E-state index in [1.54, 1.807) is 6.33 Å². The second-order valence-corrected chi connectivity index (χ2v) is 20.7. The standard InChI is InChI=1S/C56H58N5O.Pt/c1-53(2,3)40-23-24-47(43(31-40)36-21-17-14-18-22-36)61-51(44-32-42(55(7,8)9)33-45(50(44)62)56(10,11)12)60-49-48(58-34-59-52(49)61)39-27-38(28-41(29-39)54(4,5)6)46-30-37(25-26-57-46)35-19-15-13-16-20-35;/h13-26,28-34,62H,1-12H3;/q-1;. The number of aromatic nitrogens is 5. The quantitative estimate of drug-likeness (QED) is 0.168. The number of imidazole rings is 1. The molecular formula is C56H58N5OPt-. The molecule has 7 heteroatoms. The molecule has 0 bridgehead atoms. The molecule has 0 saturated heterocycles. The molecule has 0 unspecified atom stereocenters. The topological polar surface area (TPSA) is 76.7 Å². The van der Waals surface area contributed by atoms with Crippen molar-refractivity contribution in [1.29, 1.82) is 0 Å². The van der Waals surface area contributed by atoms with Gasteiger partial charge in [-0.3, -0.25) is 14.5 Å². The molecule has 63 heavy (non-hydrogen) atoms. The summed E-state index contributed by atoms with van der Waals surface area (Å²) < 4.78 is 2.13. The molecule has 0 atom stereocenters. The maximum atomic E-state index is 12.5. The average Bonchev–Trinajstić information content (AvgIpc) is 3.62. The second kappa shape index (κ2) is 16.8. The largest absolute Gasteiger partial charge is 0.507 e. The number of fused-ring (bicyclic) bond motifs is 1. The summed E-state index contributed by atoms with van der Waals surface area (Å²) in [5.74, 6) is 0.790. The van der Waals surface area contributed by atoms with Gasteiger partial charge in [0.15, 0.2) is 5.65 Å². The molecule has 8 rings (SSSR count). The Morgan fingerprint density at radius 1 is 0.524 bits per heavy atom. The molecule has 0 spiro atoms. The first-order valence-electron chi connectivity index (χ1n) is 21.6. The number of pyridine rings is 1. The summed E-state index contributed by atoms with van der Waals surface area (Å²) in [6.07, 6.45) is 3.49. The molecule has 3 aromatic heterocycles. The molecule has 8 aromatic rings. The maximum absolute atomic E-state index is 12.5. The number of benzene rings is 5. The molecule has 324 valence electrons. The molecular weight excluding hydrogens is 954 g/mol. The Hall–Kier alpha value is -5.71. The number of hydrogen-bond acceptors (Lipinski definition) is 5. The molecule has 0 aliphatic carbocycles. The smallest absolute Gasteiger partial charge is 0.161 e. The van der Waals surface area contributed by atoms with Crippen LogP contribution in [0.4, 0.5) is 0 Å². The average molecular weight is 1010 g/mol. The van der Waals surface area contributed by atoms with Crippen LogP contribution in [0.5, 0.6) is 5.75 Å². The molecule has 6 nitrogen and oxygen atoms in total. The van der Waals surface area contributed by atoms with Crippen LogP contribution < -0.4 is 0 Å². The van der Waals surface area contributed by atoms with Crippen LogP contribution in [0.3, 0.4) is 0 Å². The van der Waals surface area contributed by atoms with Crippen LogP contribution in [0.15, 0.2) is 128 Å². The predicted molar refractivity (Wildman–Crippen MR) is 257 cm³/mol. The van der Waals surface area contributed by atoms with E-state index >= 15 is 0 Å². The fraction of sp³-hybridized carbons (Fsp3) is 0.286. The zero-order chi connectivity index (χ0) is 44.4. The first-order chi connectivity index (χ1) is 29.2. The normalized spacial score (nSPS) is 12.4. The van der Waals surface area contributed by atoms with Gasteiger partial charge in [-0.05, 0) is 73.7 Å². The third-order valence-electron chi connectivity index (χ3n) is 11.8. The summed E-state index contributed by atoms with van der Waals surface area (Å²) in [5, 5.41) is 12.5. The van der Waals surface area contributed by atoms with Crippen molar-refractivity contribution in [1.82, 2.24) is 24.5 Å². The Balaban J connectivity index is 0.00000595. The molecule has 0 aliphatic rings. The zero-order valence-corrected chi connectivity index (χ0v) is 40.9. The van der Waals surface area contributed by atoms with E-state index in [4.69, 9.17) is 19.9 Å². The summed E-state index contributed by atoms with van der Waals surface area (Å²) in [6, 6.07) is 44.1. The number of nitrogens with zero attached hydrogens (tertiary/aromatic N) is 5. The van der Waals surface area contributed by atoms with Crippen molar-refractivity contribution in [3.63, 3.8) is 0 Å². The van der Waals surface area contributed by atoms with Crippen molar-refractivity contribution in [2.45, 2.75) is 105 Å². The van der Waals surface area contributed by atoms with Gasteiger partial charge in [-0.1, -0.05) is 173 Å². The monoisotopic (exact) mass is 1010 g/mol. The summed E-state index contributed by atoms with van der Waals surface area (Å²) in [5.41, 5.74) is 13.6. The Morgan fingerprint density at radius 2 is 1.11 bits per heavy atom. The van der Waals surface area contributed by atoms with E-state index in [0.29, 0.717) is 28.2 Å². The minimum Gasteiger partial charge on any atom is -0.507 e. The number of aromatic hydroxyl groups is 1. The van der Waals surface area contributed by atoms with Gasteiger partial charge in [-0.15, -0.1) is 23.8 Å². The molecule has 0 radical (unpaired) electrons. The van der Waals surface area contributed by atoms with E-state index in [1.165, 1.54) is 5.56 Å². The molecule has 5 aromatic carbocycles. The van der Waals surface area contributed by atoms with Crippen LogP contribution in [0.2, 0.25) is 0 Å².